The fraction of sp³-hybridized carbons (Fsp3) is 0.375. The number of hydrogen-bond donors (Lipinski definition) is 1. The Labute approximate surface area is 202 Å². The highest BCUT2D eigenvalue weighted by atomic mass is 19.4. The number of imidazole rings is 1. The van der Waals surface area contributed by atoms with Gasteiger partial charge in [0, 0.05) is 36.2 Å². The molecule has 0 bridgehead atoms. The number of fused-ring (bicyclic) bond motifs is 1. The number of alkyl halides is 5. The number of ether oxygens (including phenoxy) is 1. The molecular weight excluding hydrogens is 485 g/mol. The van der Waals surface area contributed by atoms with Crippen LogP contribution < -0.4 is 5.32 Å². The van der Waals surface area contributed by atoms with Crippen LogP contribution in [0.15, 0.2) is 47.2 Å². The van der Waals surface area contributed by atoms with Crippen molar-refractivity contribution in [1.82, 2.24) is 19.5 Å². The summed E-state index contributed by atoms with van der Waals surface area (Å²) in [7, 11) is 0. The van der Waals surface area contributed by atoms with Crippen molar-refractivity contribution in [3.63, 3.8) is 0 Å². The van der Waals surface area contributed by atoms with Crippen molar-refractivity contribution in [2.75, 3.05) is 11.9 Å². The zero-order valence-electron chi connectivity index (χ0n) is 19.1. The lowest BCUT2D eigenvalue weighted by Crippen LogP contribution is -2.33. The average molecular weight is 507 g/mol. The van der Waals surface area contributed by atoms with E-state index in [1.54, 1.807) is 28.9 Å². The number of halogens is 5. The largest absolute Gasteiger partial charge is 0.411 e. The van der Waals surface area contributed by atoms with Crippen molar-refractivity contribution in [1.29, 1.82) is 0 Å². The van der Waals surface area contributed by atoms with Gasteiger partial charge in [0.15, 0.2) is 0 Å². The van der Waals surface area contributed by atoms with E-state index in [0.717, 1.165) is 16.9 Å². The summed E-state index contributed by atoms with van der Waals surface area (Å²) < 4.78 is 75.1. The van der Waals surface area contributed by atoms with E-state index in [0.29, 0.717) is 29.1 Å². The molecule has 0 radical (unpaired) electrons. The quantitative estimate of drug-likeness (QED) is 0.300. The van der Waals surface area contributed by atoms with Crippen LogP contribution in [-0.4, -0.2) is 38.2 Å². The van der Waals surface area contributed by atoms with Crippen LogP contribution in [0.4, 0.5) is 27.6 Å². The third kappa shape index (κ3) is 5.32. The number of aryl methyl sites for hydroxylation is 1. The van der Waals surface area contributed by atoms with Crippen LogP contribution in [0.3, 0.4) is 0 Å². The number of hydrogen-bond acceptors (Lipinski definition) is 6. The molecule has 1 fully saturated rings. The van der Waals surface area contributed by atoms with Gasteiger partial charge in [-0.15, -0.1) is 0 Å². The van der Waals surface area contributed by atoms with Crippen molar-refractivity contribution < 1.29 is 31.2 Å². The van der Waals surface area contributed by atoms with Crippen LogP contribution in [-0.2, 0) is 17.9 Å². The summed E-state index contributed by atoms with van der Waals surface area (Å²) in [6, 6.07) is 8.95. The van der Waals surface area contributed by atoms with Crippen LogP contribution in [0.2, 0.25) is 0 Å². The Morgan fingerprint density at radius 2 is 2.00 bits per heavy atom. The standard InChI is InChI=1S/C24H22F5N5O2/c1-14-2-4-16(21-32-22(36-33-21)17-7-23(25,26)8-17)6-19(14)30-9-18-10-31-20-5-3-15(11-34(18)20)12-35-13-24(27,28)29/h2-6,10-11,17,30H,7-9,12-13H2,1H3. The Bertz CT molecular complexity index is 1370. The Kier molecular flexibility index (Phi) is 6.15. The minimum Gasteiger partial charge on any atom is -0.379 e. The first-order valence-electron chi connectivity index (χ1n) is 11.2. The Morgan fingerprint density at radius 3 is 2.75 bits per heavy atom. The van der Waals surface area contributed by atoms with Gasteiger partial charge in [-0.2, -0.15) is 18.2 Å². The molecule has 0 spiro atoms. The fourth-order valence-corrected chi connectivity index (χ4v) is 4.07. The minimum atomic E-state index is -4.38. The first kappa shape index (κ1) is 24.2. The number of benzene rings is 1. The van der Waals surface area contributed by atoms with Crippen LogP contribution >= 0.6 is 0 Å². The third-order valence-corrected chi connectivity index (χ3v) is 6.01. The van der Waals surface area contributed by atoms with Crippen molar-refractivity contribution in [2.45, 2.75) is 50.9 Å². The van der Waals surface area contributed by atoms with Crippen LogP contribution in [0.5, 0.6) is 0 Å². The molecular formula is C24H22F5N5O2. The van der Waals surface area contributed by atoms with E-state index in [2.05, 4.69) is 20.4 Å². The highest BCUT2D eigenvalue weighted by Crippen LogP contribution is 2.48. The first-order valence-corrected chi connectivity index (χ1v) is 11.2. The first-order chi connectivity index (χ1) is 17.1. The minimum absolute atomic E-state index is 0.174. The normalized spacial score (nSPS) is 15.8. The summed E-state index contributed by atoms with van der Waals surface area (Å²) in [6.07, 6.45) is -1.57. The molecule has 5 rings (SSSR count). The van der Waals surface area contributed by atoms with Crippen molar-refractivity contribution in [3.8, 4) is 11.4 Å². The molecule has 7 nitrogen and oxygen atoms in total. The maximum atomic E-state index is 13.2. The molecule has 0 atom stereocenters. The molecule has 3 heterocycles. The summed E-state index contributed by atoms with van der Waals surface area (Å²) in [5.41, 5.74) is 4.45. The Balaban J connectivity index is 1.28. The lowest BCUT2D eigenvalue weighted by Gasteiger charge is -2.31. The van der Waals surface area contributed by atoms with Crippen LogP contribution in [0, 0.1) is 6.92 Å². The highest BCUT2D eigenvalue weighted by Gasteiger charge is 2.48. The number of pyridine rings is 1. The van der Waals surface area contributed by atoms with Gasteiger partial charge in [0.05, 0.1) is 25.0 Å². The summed E-state index contributed by atoms with van der Waals surface area (Å²) in [6.45, 7) is 0.822. The average Bonchev–Trinajstić information content (AvgIpc) is 3.43. The zero-order valence-corrected chi connectivity index (χ0v) is 19.1. The second kappa shape index (κ2) is 9.16. The van der Waals surface area contributed by atoms with Crippen molar-refractivity contribution >= 4 is 11.3 Å². The predicted molar refractivity (Wildman–Crippen MR) is 120 cm³/mol. The lowest BCUT2D eigenvalue weighted by atomic mass is 9.81. The van der Waals surface area contributed by atoms with Crippen LogP contribution in [0.1, 0.15) is 41.5 Å². The molecule has 0 saturated heterocycles. The van der Waals surface area contributed by atoms with Gasteiger partial charge in [-0.3, -0.25) is 0 Å². The monoisotopic (exact) mass is 507 g/mol. The van der Waals surface area contributed by atoms with Gasteiger partial charge in [0.25, 0.3) is 0 Å². The number of nitrogens with one attached hydrogen (secondary N) is 1. The molecule has 190 valence electrons. The Hall–Kier alpha value is -3.54. The van der Waals surface area contributed by atoms with Gasteiger partial charge in [-0.1, -0.05) is 23.4 Å². The second-order valence-corrected chi connectivity index (χ2v) is 8.92. The summed E-state index contributed by atoms with van der Waals surface area (Å²) in [5, 5.41) is 7.29. The van der Waals surface area contributed by atoms with E-state index in [1.807, 2.05) is 25.1 Å². The molecule has 36 heavy (non-hydrogen) atoms. The molecule has 0 aliphatic heterocycles. The van der Waals surface area contributed by atoms with E-state index in [1.165, 1.54) is 0 Å². The zero-order chi connectivity index (χ0) is 25.5. The van der Waals surface area contributed by atoms with Gasteiger partial charge in [-0.25, -0.2) is 13.8 Å². The topological polar surface area (TPSA) is 77.5 Å². The number of anilines is 1. The fourth-order valence-electron chi connectivity index (χ4n) is 4.07. The summed E-state index contributed by atoms with van der Waals surface area (Å²) in [4.78, 5) is 8.64. The lowest BCUT2D eigenvalue weighted by molar-refractivity contribution is -0.176. The summed E-state index contributed by atoms with van der Waals surface area (Å²) >= 11 is 0. The van der Waals surface area contributed by atoms with E-state index < -0.39 is 24.6 Å². The Morgan fingerprint density at radius 1 is 1.19 bits per heavy atom. The van der Waals surface area contributed by atoms with Crippen LogP contribution in [0.25, 0.3) is 17.0 Å². The molecule has 1 aliphatic carbocycles. The van der Waals surface area contributed by atoms with Gasteiger partial charge in [0.2, 0.25) is 17.6 Å². The predicted octanol–water partition coefficient (Wildman–Crippen LogP) is 5.90. The van der Waals surface area contributed by atoms with E-state index in [4.69, 9.17) is 9.26 Å². The molecule has 0 unspecified atom stereocenters. The van der Waals surface area contributed by atoms with Crippen molar-refractivity contribution in [3.05, 3.63) is 65.4 Å². The molecule has 0 amide bonds. The molecule has 1 N–H and O–H groups in total. The number of nitrogens with zero attached hydrogens (tertiary/aromatic N) is 4. The molecule has 1 aliphatic rings. The number of aromatic nitrogens is 4. The van der Waals surface area contributed by atoms with E-state index >= 15 is 0 Å². The van der Waals surface area contributed by atoms with Gasteiger partial charge >= 0.3 is 6.18 Å². The second-order valence-electron chi connectivity index (χ2n) is 8.92. The van der Waals surface area contributed by atoms with Gasteiger partial charge in [0.1, 0.15) is 12.3 Å². The third-order valence-electron chi connectivity index (χ3n) is 6.01. The molecule has 3 aromatic heterocycles. The molecule has 1 aromatic carbocycles. The molecule has 4 aromatic rings. The number of rotatable bonds is 8. The maximum Gasteiger partial charge on any atom is 0.411 e. The van der Waals surface area contributed by atoms with Gasteiger partial charge in [-0.05, 0) is 30.2 Å². The highest BCUT2D eigenvalue weighted by molar-refractivity contribution is 5.65. The SMILES string of the molecule is Cc1ccc(-c2noc(C3CC(F)(F)C3)n2)cc1NCc1cnc2ccc(COCC(F)(F)F)cn12. The van der Waals surface area contributed by atoms with Gasteiger partial charge < -0.3 is 19.0 Å². The summed E-state index contributed by atoms with van der Waals surface area (Å²) in [5.74, 6) is -2.56. The molecule has 1 saturated carbocycles. The van der Waals surface area contributed by atoms with E-state index in [9.17, 15) is 22.0 Å². The molecule has 12 heteroatoms. The van der Waals surface area contributed by atoms with E-state index in [-0.39, 0.29) is 25.3 Å². The smallest absolute Gasteiger partial charge is 0.379 e. The van der Waals surface area contributed by atoms with Crippen molar-refractivity contribution in [2.24, 2.45) is 0 Å². The maximum absolute atomic E-state index is 13.2.